The number of benzene rings is 6. The summed E-state index contributed by atoms with van der Waals surface area (Å²) in [5.41, 5.74) is 14.1. The van der Waals surface area contributed by atoms with Gasteiger partial charge in [-0.3, -0.25) is 0 Å². The zero-order valence-corrected chi connectivity index (χ0v) is 38.0. The van der Waals surface area contributed by atoms with Gasteiger partial charge in [-0.05, 0) is 0 Å². The molecule has 5 heteroatoms. The van der Waals surface area contributed by atoms with Crippen LogP contribution in [0, 0.1) is 13.8 Å². The molecule has 0 amide bonds. The van der Waals surface area contributed by atoms with Crippen LogP contribution in [0.3, 0.4) is 0 Å². The number of halogens is 4. The predicted octanol–water partition coefficient (Wildman–Crippen LogP) is 14.3. The van der Waals surface area contributed by atoms with Crippen LogP contribution in [0.15, 0.2) is 113 Å². The molecule has 0 unspecified atom stereocenters. The Labute approximate surface area is 351 Å². The van der Waals surface area contributed by atoms with Crippen LogP contribution in [0.5, 0.6) is 0 Å². The van der Waals surface area contributed by atoms with E-state index in [1.807, 2.05) is 0 Å². The molecular weight excluding hydrogens is 822 g/mol. The van der Waals surface area contributed by atoms with Crippen LogP contribution in [-0.4, -0.2) is 3.21 Å². The maximum Gasteiger partial charge on any atom is -0.147 e. The fourth-order valence-corrected chi connectivity index (χ4v) is 18.0. The zero-order chi connectivity index (χ0) is 36.7. The van der Waals surface area contributed by atoms with Crippen molar-refractivity contribution < 1.29 is 21.3 Å². The maximum atomic E-state index is 7.11. The number of rotatable bonds is 4. The third-order valence-corrected chi connectivity index (χ3v) is 19.6. The molecule has 8 rings (SSSR count). The largest absolute Gasteiger partial charge is 0.147 e. The van der Waals surface area contributed by atoms with Crippen molar-refractivity contribution in [3.8, 4) is 11.1 Å². The Bertz CT molecular complexity index is 2490. The Balaban J connectivity index is 0.00000249. The van der Waals surface area contributed by atoms with Gasteiger partial charge in [0.25, 0.3) is 0 Å². The van der Waals surface area contributed by atoms with Gasteiger partial charge < -0.3 is 0 Å². The molecule has 0 atom stereocenters. The van der Waals surface area contributed by atoms with Gasteiger partial charge in [0, 0.05) is 0 Å². The van der Waals surface area contributed by atoms with E-state index in [9.17, 15) is 0 Å². The van der Waals surface area contributed by atoms with Gasteiger partial charge in [-0.2, -0.15) is 0 Å². The molecule has 0 heterocycles. The topological polar surface area (TPSA) is 0 Å². The van der Waals surface area contributed by atoms with Crippen LogP contribution in [0.2, 0.25) is 10.0 Å². The van der Waals surface area contributed by atoms with Gasteiger partial charge in [-0.25, -0.2) is 0 Å². The Morgan fingerprint density at radius 3 is 1.70 bits per heavy atom. The summed E-state index contributed by atoms with van der Waals surface area (Å²) in [6.45, 7) is 18.9. The molecule has 2 aliphatic carbocycles. The van der Waals surface area contributed by atoms with E-state index in [1.54, 1.807) is 6.55 Å². The summed E-state index contributed by atoms with van der Waals surface area (Å²) in [7, 11) is 0. The average molecular weight is 870 g/mol. The summed E-state index contributed by atoms with van der Waals surface area (Å²) in [5, 5.41) is 6.34. The van der Waals surface area contributed by atoms with Crippen LogP contribution in [-0.2, 0) is 38.5 Å². The van der Waals surface area contributed by atoms with Crippen LogP contribution in [0.25, 0.3) is 32.7 Å². The molecule has 2 aliphatic rings. The van der Waals surface area contributed by atoms with E-state index in [2.05, 4.69) is 165 Å². The van der Waals surface area contributed by atoms with E-state index in [0.29, 0.717) is 0 Å². The van der Waals surface area contributed by atoms with Crippen LogP contribution < -0.4 is 3.27 Å². The molecule has 54 heavy (non-hydrogen) atoms. The first-order valence-corrected chi connectivity index (χ1v) is 22.9. The monoisotopic (exact) mass is 866 g/mol. The summed E-state index contributed by atoms with van der Waals surface area (Å²) in [4.78, 5) is 0. The van der Waals surface area contributed by atoms with Gasteiger partial charge in [0.1, 0.15) is 0 Å². The van der Waals surface area contributed by atoms with Crippen molar-refractivity contribution in [2.75, 3.05) is 0 Å². The quantitative estimate of drug-likeness (QED) is 0.165. The summed E-state index contributed by atoms with van der Waals surface area (Å²) in [6, 6.07) is 33.8. The summed E-state index contributed by atoms with van der Waals surface area (Å²) in [6.07, 6.45) is 9.03. The van der Waals surface area contributed by atoms with Crippen molar-refractivity contribution in [3.63, 3.8) is 0 Å². The van der Waals surface area contributed by atoms with Crippen molar-refractivity contribution in [1.82, 2.24) is 0 Å². The minimum absolute atomic E-state index is 0. The second kappa shape index (κ2) is 15.3. The van der Waals surface area contributed by atoms with E-state index in [0.717, 1.165) is 33.7 Å². The number of allylic oxidation sites excluding steroid dienone is 4. The van der Waals surface area contributed by atoms with E-state index in [4.69, 9.17) is 23.2 Å². The molecule has 0 spiro atoms. The van der Waals surface area contributed by atoms with Crippen LogP contribution in [0.1, 0.15) is 92.5 Å². The van der Waals surface area contributed by atoms with E-state index >= 15 is 0 Å². The van der Waals surface area contributed by atoms with Crippen LogP contribution >= 0.6 is 48.0 Å². The Morgan fingerprint density at radius 1 is 0.648 bits per heavy atom. The first-order valence-electron chi connectivity index (χ1n) is 18.5. The summed E-state index contributed by atoms with van der Waals surface area (Å²) >= 11 is 11.1. The molecule has 0 N–H and O–H groups in total. The molecule has 0 saturated carbocycles. The number of hydrogen-bond acceptors (Lipinski definition) is 0. The molecule has 0 bridgehead atoms. The SMILES string of the molecule is Cc1cc2c(cc1C(C)(C)C)-c1cc(C(C)(C)C)c(C)[c]([Zr]([C]3=CC=CC3)=[C](c3cc(Cl)cc4ccccc34)c3cc(Cl)cc4ccccc34)c1C2.Cl.Cl. The molecule has 276 valence electrons. The molecular formula is C49H48Cl4Zr. The van der Waals surface area contributed by atoms with Crippen molar-refractivity contribution in [1.29, 1.82) is 0 Å². The smallest absolute Gasteiger partial charge is 0.147 e. The van der Waals surface area contributed by atoms with E-state index in [-0.39, 0.29) is 35.6 Å². The molecule has 6 aromatic rings. The standard InChI is InChI=1S/C23H29.C21H12Cl2.C5H5.2ClH.Zr/c1-14-9-16-11-17-10-15(2)21(23(6,7)8)13-19(17)18(16)12-20(14)22(3,4)5;22-18-10-14-5-1-3-7-20(14)16(12-18)9-17-13-19(23)11-15-6-2-4-8-21(15)17;1-2-4-5-3-1;;;/h9,12-13H,11H2,1-8H3;1-8,10-13H;1-3H,4H2;2*1H;. The molecule has 0 saturated heterocycles. The molecule has 0 aromatic heterocycles. The van der Waals surface area contributed by atoms with E-state index in [1.165, 1.54) is 69.6 Å². The van der Waals surface area contributed by atoms with E-state index < -0.39 is 21.3 Å². The van der Waals surface area contributed by atoms with Gasteiger partial charge in [-0.15, -0.1) is 24.8 Å². The van der Waals surface area contributed by atoms with Crippen molar-refractivity contribution in [2.24, 2.45) is 0 Å². The van der Waals surface area contributed by atoms with Crippen molar-refractivity contribution >= 4 is 76.0 Å². The number of hydrogen-bond donors (Lipinski definition) is 0. The molecule has 6 aromatic carbocycles. The van der Waals surface area contributed by atoms with Gasteiger partial charge in [0.05, 0.1) is 0 Å². The average Bonchev–Trinajstić information content (AvgIpc) is 3.73. The Morgan fingerprint density at radius 2 is 1.19 bits per heavy atom. The Hall–Kier alpha value is -2.77. The molecule has 0 nitrogen and oxygen atoms in total. The zero-order valence-electron chi connectivity index (χ0n) is 32.4. The van der Waals surface area contributed by atoms with Gasteiger partial charge in [0.15, 0.2) is 0 Å². The van der Waals surface area contributed by atoms with Crippen LogP contribution in [0.4, 0.5) is 0 Å². The first kappa shape index (κ1) is 40.9. The number of fused-ring (bicyclic) bond motifs is 5. The fourth-order valence-electron chi connectivity index (χ4n) is 8.99. The fraction of sp³-hybridized carbons (Fsp3) is 0.245. The third-order valence-electron chi connectivity index (χ3n) is 11.2. The van der Waals surface area contributed by atoms with Gasteiger partial charge in [-0.1, -0.05) is 0 Å². The van der Waals surface area contributed by atoms with Gasteiger partial charge in [0.2, 0.25) is 0 Å². The van der Waals surface area contributed by atoms with Gasteiger partial charge >= 0.3 is 330 Å². The van der Waals surface area contributed by atoms with Crippen molar-refractivity contribution in [2.45, 2.75) is 79.1 Å². The minimum Gasteiger partial charge on any atom is -0.147 e. The number of aryl methyl sites for hydroxylation is 1. The second-order valence-electron chi connectivity index (χ2n) is 16.9. The first-order chi connectivity index (χ1) is 24.7. The normalized spacial score (nSPS) is 13.3. The molecule has 0 aliphatic heterocycles. The maximum absolute atomic E-state index is 7.11. The second-order valence-corrected chi connectivity index (χ2v) is 23.6. The molecule has 0 fully saturated rings. The Kier molecular flexibility index (Phi) is 11.6. The minimum atomic E-state index is -3.16. The summed E-state index contributed by atoms with van der Waals surface area (Å²) in [5.74, 6) is 0. The van der Waals surface area contributed by atoms with Crippen molar-refractivity contribution in [3.05, 3.63) is 167 Å². The summed E-state index contributed by atoms with van der Waals surface area (Å²) < 4.78 is 4.66. The predicted molar refractivity (Wildman–Crippen MR) is 239 cm³/mol. The molecule has 0 radical (unpaired) electrons. The third kappa shape index (κ3) is 7.19.